The summed E-state index contributed by atoms with van der Waals surface area (Å²) in [6.45, 7) is 8.48. The van der Waals surface area contributed by atoms with Crippen molar-refractivity contribution < 1.29 is 66.1 Å². The molecule has 5 heteroatoms. The fourth-order valence-corrected chi connectivity index (χ4v) is 2.36. The van der Waals surface area contributed by atoms with Crippen molar-refractivity contribution in [1.29, 1.82) is 0 Å². The van der Waals surface area contributed by atoms with Gasteiger partial charge in [-0.15, -0.1) is 0 Å². The number of Topliss-reactive ketones (excluding diaryl/α,β-unsaturated/α-hetero) is 1. The molecular formula is C18H22KNO3. The molecule has 0 spiro atoms. The number of hydrogen-bond donors (Lipinski definition) is 0. The summed E-state index contributed by atoms with van der Waals surface area (Å²) in [7, 11) is 0.750. The first-order valence-electron chi connectivity index (χ1n) is 7.21. The molecule has 2 rings (SSSR count). The van der Waals surface area contributed by atoms with E-state index in [1.165, 1.54) is 17.2 Å². The number of benzene rings is 1. The molecular weight excluding hydrogens is 317 g/mol. The van der Waals surface area contributed by atoms with Crippen molar-refractivity contribution in [3.05, 3.63) is 60.2 Å². The van der Waals surface area contributed by atoms with Gasteiger partial charge in [-0.05, 0) is 17.5 Å². The van der Waals surface area contributed by atoms with E-state index in [-0.39, 0.29) is 75.9 Å². The predicted molar refractivity (Wildman–Crippen MR) is 85.1 cm³/mol. The first-order valence-corrected chi connectivity index (χ1v) is 7.21. The Balaban J connectivity index is 0.00000155. The van der Waals surface area contributed by atoms with Crippen LogP contribution < -0.4 is 56.5 Å². The Bertz CT molecular complexity index is 569. The molecule has 1 heterocycles. The summed E-state index contributed by atoms with van der Waals surface area (Å²) >= 11 is 0. The third-order valence-electron chi connectivity index (χ3n) is 3.65. The first kappa shape index (κ1) is 22.4. The molecule has 118 valence electrons. The molecule has 0 aliphatic carbocycles. The number of allylic oxidation sites excluding steroid dienone is 2. The van der Waals surface area contributed by atoms with Crippen molar-refractivity contribution in [3.8, 4) is 0 Å². The zero-order valence-corrected chi connectivity index (χ0v) is 17.1. The Kier molecular flexibility index (Phi) is 11.6. The molecule has 1 amide bonds. The zero-order chi connectivity index (χ0) is 16.5. The van der Waals surface area contributed by atoms with Crippen LogP contribution in [0, 0.1) is 0 Å². The maximum atomic E-state index is 12.1. The average molecular weight is 339 g/mol. The van der Waals surface area contributed by atoms with Crippen LogP contribution in [0.5, 0.6) is 0 Å². The monoisotopic (exact) mass is 339 g/mol. The summed E-state index contributed by atoms with van der Waals surface area (Å²) in [5, 5.41) is 8.25. The summed E-state index contributed by atoms with van der Waals surface area (Å²) in [5.41, 5.74) is 2.89. The number of nitrogens with zero attached hydrogens (tertiary/aromatic N) is 1. The van der Waals surface area contributed by atoms with E-state index < -0.39 is 0 Å². The topological polar surface area (TPSA) is 60.4 Å². The molecule has 0 saturated heterocycles. The molecule has 0 fully saturated rings. The van der Waals surface area contributed by atoms with Gasteiger partial charge in [-0.25, -0.2) is 0 Å². The quantitative estimate of drug-likeness (QED) is 0.378. The summed E-state index contributed by atoms with van der Waals surface area (Å²) in [6.07, 6.45) is 2.77. The van der Waals surface area contributed by atoms with E-state index in [9.17, 15) is 9.59 Å². The average Bonchev–Trinajstić information content (AvgIpc) is 2.59. The van der Waals surface area contributed by atoms with Crippen LogP contribution >= 0.6 is 0 Å². The molecule has 0 aromatic heterocycles. The fraction of sp³-hybridized carbons (Fsp3) is 0.333. The van der Waals surface area contributed by atoms with Crippen LogP contribution in [-0.4, -0.2) is 30.2 Å². The van der Waals surface area contributed by atoms with Crippen molar-refractivity contribution in [3.63, 3.8) is 0 Å². The van der Waals surface area contributed by atoms with Crippen molar-refractivity contribution in [2.45, 2.75) is 25.8 Å². The van der Waals surface area contributed by atoms with Crippen LogP contribution in [0.2, 0.25) is 0 Å². The van der Waals surface area contributed by atoms with Crippen LogP contribution in [0.3, 0.4) is 0 Å². The Labute approximate surface area is 180 Å². The van der Waals surface area contributed by atoms with Gasteiger partial charge < -0.3 is 10.0 Å². The van der Waals surface area contributed by atoms with Gasteiger partial charge in [0.15, 0.2) is 5.78 Å². The van der Waals surface area contributed by atoms with E-state index in [4.69, 9.17) is 5.11 Å². The predicted octanol–water partition coefficient (Wildman–Crippen LogP) is -1.36. The van der Waals surface area contributed by atoms with Gasteiger partial charge in [0, 0.05) is 31.5 Å². The number of amides is 1. The SMILES string of the molecule is C=CC(=C)C(=O)CCC(=O)N1CCc2ccccc2C1.C[O-].[K+]. The van der Waals surface area contributed by atoms with Crippen LogP contribution in [0.15, 0.2) is 49.1 Å². The molecule has 23 heavy (non-hydrogen) atoms. The Morgan fingerprint density at radius 3 is 2.43 bits per heavy atom. The summed E-state index contributed by atoms with van der Waals surface area (Å²) < 4.78 is 0. The van der Waals surface area contributed by atoms with E-state index in [1.807, 2.05) is 17.0 Å². The maximum Gasteiger partial charge on any atom is 1.00 e. The Morgan fingerprint density at radius 2 is 1.83 bits per heavy atom. The second kappa shape index (κ2) is 11.9. The van der Waals surface area contributed by atoms with Gasteiger partial charge in [0.25, 0.3) is 0 Å². The number of ketones is 1. The van der Waals surface area contributed by atoms with E-state index in [0.717, 1.165) is 20.1 Å². The molecule has 1 aliphatic rings. The summed E-state index contributed by atoms with van der Waals surface area (Å²) in [5.74, 6) is -0.0736. The van der Waals surface area contributed by atoms with E-state index in [0.29, 0.717) is 12.1 Å². The molecule has 1 aliphatic heterocycles. The maximum absolute atomic E-state index is 12.1. The third kappa shape index (κ3) is 6.83. The van der Waals surface area contributed by atoms with E-state index in [1.54, 1.807) is 0 Å². The van der Waals surface area contributed by atoms with Gasteiger partial charge in [0.1, 0.15) is 0 Å². The second-order valence-electron chi connectivity index (χ2n) is 4.99. The molecule has 0 saturated carbocycles. The number of carbonyl (C=O) groups is 2. The van der Waals surface area contributed by atoms with E-state index >= 15 is 0 Å². The van der Waals surface area contributed by atoms with Crippen molar-refractivity contribution >= 4 is 11.7 Å². The molecule has 0 bridgehead atoms. The summed E-state index contributed by atoms with van der Waals surface area (Å²) in [6, 6.07) is 8.18. The number of fused-ring (bicyclic) bond motifs is 1. The van der Waals surface area contributed by atoms with Gasteiger partial charge in [0.2, 0.25) is 5.91 Å². The molecule has 1 aromatic rings. The van der Waals surface area contributed by atoms with Gasteiger partial charge in [0.05, 0.1) is 0 Å². The Morgan fingerprint density at radius 1 is 1.22 bits per heavy atom. The van der Waals surface area contributed by atoms with Crippen molar-refractivity contribution in [2.24, 2.45) is 0 Å². The van der Waals surface area contributed by atoms with Gasteiger partial charge >= 0.3 is 51.4 Å². The standard InChI is InChI=1S/C17H19NO2.CH3O.K/c1-3-13(2)16(19)8-9-17(20)18-11-10-14-6-4-5-7-15(14)12-18;1-2;/h3-7H,1-2,8-12H2;1H3;/q;-1;+1. The van der Waals surface area contributed by atoms with E-state index in [2.05, 4.69) is 25.3 Å². The van der Waals surface area contributed by atoms with Crippen LogP contribution in [0.4, 0.5) is 0 Å². The number of carbonyl (C=O) groups excluding carboxylic acids is 2. The summed E-state index contributed by atoms with van der Waals surface area (Å²) in [4.78, 5) is 25.6. The molecule has 0 unspecified atom stereocenters. The molecule has 0 atom stereocenters. The normalized spacial score (nSPS) is 12.0. The van der Waals surface area contributed by atoms with Crippen molar-refractivity contribution in [2.75, 3.05) is 13.7 Å². The van der Waals surface area contributed by atoms with Crippen LogP contribution in [-0.2, 0) is 22.6 Å². The molecule has 0 N–H and O–H groups in total. The fourth-order valence-electron chi connectivity index (χ4n) is 2.36. The minimum Gasteiger partial charge on any atom is -0.857 e. The first-order chi connectivity index (χ1) is 10.6. The number of hydrogen-bond acceptors (Lipinski definition) is 3. The largest absolute Gasteiger partial charge is 1.00 e. The smallest absolute Gasteiger partial charge is 0.857 e. The van der Waals surface area contributed by atoms with Crippen LogP contribution in [0.25, 0.3) is 0 Å². The third-order valence-corrected chi connectivity index (χ3v) is 3.65. The van der Waals surface area contributed by atoms with Gasteiger partial charge in [-0.1, -0.05) is 43.5 Å². The minimum absolute atomic E-state index is 0. The number of rotatable bonds is 5. The molecule has 0 radical (unpaired) electrons. The zero-order valence-electron chi connectivity index (χ0n) is 14.0. The van der Waals surface area contributed by atoms with Crippen molar-refractivity contribution in [1.82, 2.24) is 4.90 Å². The molecule has 4 nitrogen and oxygen atoms in total. The second-order valence-corrected chi connectivity index (χ2v) is 4.99. The van der Waals surface area contributed by atoms with Crippen LogP contribution in [0.1, 0.15) is 24.0 Å². The van der Waals surface area contributed by atoms with Gasteiger partial charge in [-0.2, -0.15) is 7.11 Å². The Hall–Kier alpha value is -0.564. The molecule has 1 aromatic carbocycles. The minimum atomic E-state index is -0.106. The van der Waals surface area contributed by atoms with Gasteiger partial charge in [-0.3, -0.25) is 9.59 Å².